The van der Waals surface area contributed by atoms with E-state index in [-0.39, 0.29) is 0 Å². The SMILES string of the molecule is N#Cc1ccc(-c2cc3c4cccc5ccc6c7ccccc7n(c3s2)c6c54)cc1C#N. The number of nitriles is 2. The number of nitrogens with zero attached hydrogens (tertiary/aromatic N) is 3. The predicted molar refractivity (Wildman–Crippen MR) is 131 cm³/mol. The van der Waals surface area contributed by atoms with E-state index in [1.165, 1.54) is 48.2 Å². The Labute approximate surface area is 186 Å². The monoisotopic (exact) mass is 423 g/mol. The first-order valence-electron chi connectivity index (χ1n) is 10.3. The molecule has 0 N–H and O–H groups in total. The van der Waals surface area contributed by atoms with Crippen molar-refractivity contribution in [1.82, 2.24) is 4.40 Å². The van der Waals surface area contributed by atoms with Gasteiger partial charge < -0.3 is 0 Å². The molecule has 4 heteroatoms. The maximum absolute atomic E-state index is 9.49. The molecule has 0 unspecified atom stereocenters. The second-order valence-electron chi connectivity index (χ2n) is 8.03. The molecule has 0 spiro atoms. The summed E-state index contributed by atoms with van der Waals surface area (Å²) < 4.78 is 2.40. The average Bonchev–Trinajstić information content (AvgIpc) is 3.43. The molecule has 0 amide bonds. The Morgan fingerprint density at radius 1 is 0.688 bits per heavy atom. The number of hydrogen-bond acceptors (Lipinski definition) is 3. The fraction of sp³-hybridized carbons (Fsp3) is 0. The molecule has 0 saturated carbocycles. The number of hydrogen-bond donors (Lipinski definition) is 0. The van der Waals surface area contributed by atoms with Gasteiger partial charge in [-0.1, -0.05) is 54.6 Å². The van der Waals surface area contributed by atoms with E-state index in [2.05, 4.69) is 77.2 Å². The lowest BCUT2D eigenvalue weighted by Crippen LogP contribution is -1.88. The molecule has 4 aromatic carbocycles. The van der Waals surface area contributed by atoms with Crippen LogP contribution in [0.5, 0.6) is 0 Å². The number of pyridine rings is 1. The highest BCUT2D eigenvalue weighted by molar-refractivity contribution is 7.22. The minimum Gasteiger partial charge on any atom is -0.299 e. The van der Waals surface area contributed by atoms with Gasteiger partial charge in [0.25, 0.3) is 0 Å². The second-order valence-corrected chi connectivity index (χ2v) is 9.06. The largest absolute Gasteiger partial charge is 0.299 e. The van der Waals surface area contributed by atoms with Crippen LogP contribution in [-0.4, -0.2) is 4.40 Å². The molecule has 0 bridgehead atoms. The molecule has 3 heterocycles. The van der Waals surface area contributed by atoms with Gasteiger partial charge in [0, 0.05) is 26.4 Å². The zero-order valence-corrected chi connectivity index (χ0v) is 17.6. The first-order chi connectivity index (χ1) is 15.8. The van der Waals surface area contributed by atoms with E-state index in [9.17, 15) is 10.5 Å². The van der Waals surface area contributed by atoms with Crippen LogP contribution in [-0.2, 0) is 0 Å². The molecule has 32 heavy (non-hydrogen) atoms. The summed E-state index contributed by atoms with van der Waals surface area (Å²) in [7, 11) is 0. The lowest BCUT2D eigenvalue weighted by atomic mass is 10.00. The highest BCUT2D eigenvalue weighted by atomic mass is 32.1. The van der Waals surface area contributed by atoms with Crippen LogP contribution in [0.15, 0.2) is 78.9 Å². The van der Waals surface area contributed by atoms with E-state index in [0.717, 1.165) is 10.4 Å². The van der Waals surface area contributed by atoms with Crippen LogP contribution in [0.1, 0.15) is 11.1 Å². The highest BCUT2D eigenvalue weighted by Gasteiger charge is 2.20. The third kappa shape index (κ3) is 2.07. The van der Waals surface area contributed by atoms with E-state index < -0.39 is 0 Å². The van der Waals surface area contributed by atoms with Crippen LogP contribution >= 0.6 is 11.3 Å². The van der Waals surface area contributed by atoms with Crippen molar-refractivity contribution in [2.75, 3.05) is 0 Å². The minimum absolute atomic E-state index is 0.410. The van der Waals surface area contributed by atoms with Crippen molar-refractivity contribution >= 4 is 59.5 Å². The van der Waals surface area contributed by atoms with Gasteiger partial charge in [0.15, 0.2) is 0 Å². The maximum atomic E-state index is 9.49. The molecular weight excluding hydrogens is 410 g/mol. The zero-order valence-electron chi connectivity index (χ0n) is 16.8. The fourth-order valence-corrected chi connectivity index (χ4v) is 6.22. The molecule has 3 nitrogen and oxygen atoms in total. The van der Waals surface area contributed by atoms with Gasteiger partial charge in [0.1, 0.15) is 17.0 Å². The number of para-hydroxylation sites is 1. The molecule has 0 aliphatic rings. The minimum atomic E-state index is 0.410. The lowest BCUT2D eigenvalue weighted by molar-refractivity contribution is 1.38. The third-order valence-electron chi connectivity index (χ3n) is 6.43. The number of rotatable bonds is 1. The molecule has 0 aliphatic heterocycles. The van der Waals surface area contributed by atoms with Gasteiger partial charge in [-0.2, -0.15) is 10.5 Å². The van der Waals surface area contributed by atoms with Crippen molar-refractivity contribution in [3.05, 3.63) is 90.0 Å². The predicted octanol–water partition coefficient (Wildman–Crippen LogP) is 7.46. The first kappa shape index (κ1) is 17.3. The number of benzene rings is 4. The van der Waals surface area contributed by atoms with Crippen molar-refractivity contribution in [2.24, 2.45) is 0 Å². The topological polar surface area (TPSA) is 52.0 Å². The van der Waals surface area contributed by atoms with Gasteiger partial charge in [-0.05, 0) is 40.6 Å². The normalized spacial score (nSPS) is 11.7. The molecule has 0 radical (unpaired) electrons. The Hall–Kier alpha value is -4.38. The fourth-order valence-electron chi connectivity index (χ4n) is 5.03. The van der Waals surface area contributed by atoms with Gasteiger partial charge in [0.2, 0.25) is 0 Å². The van der Waals surface area contributed by atoms with Crippen LogP contribution in [0.4, 0.5) is 0 Å². The molecule has 7 aromatic rings. The molecular formula is C28H13N3S. The van der Waals surface area contributed by atoms with Gasteiger partial charge in [-0.3, -0.25) is 4.40 Å². The third-order valence-corrected chi connectivity index (χ3v) is 7.60. The Morgan fingerprint density at radius 3 is 2.41 bits per heavy atom. The standard InChI is InChI=1S/C28H13N3S/c29-14-18-9-8-17(12-19(18)15-30)25-13-23-21-6-3-4-16-10-11-22-20-5-1-2-7-24(20)31(28(23)32-25)27(22)26(16)21/h1-13H. The van der Waals surface area contributed by atoms with E-state index in [0.29, 0.717) is 11.1 Å². The Bertz CT molecular complexity index is 1960. The lowest BCUT2D eigenvalue weighted by Gasteiger charge is -2.09. The van der Waals surface area contributed by atoms with Crippen molar-refractivity contribution in [2.45, 2.75) is 0 Å². The van der Waals surface area contributed by atoms with E-state index >= 15 is 0 Å². The molecule has 0 atom stereocenters. The van der Waals surface area contributed by atoms with E-state index in [1.54, 1.807) is 17.4 Å². The van der Waals surface area contributed by atoms with E-state index in [1.807, 2.05) is 12.1 Å². The smallest absolute Gasteiger partial charge is 0.109 e. The Balaban J connectivity index is 1.69. The first-order valence-corrected chi connectivity index (χ1v) is 11.1. The molecule has 7 rings (SSSR count). The van der Waals surface area contributed by atoms with Crippen LogP contribution in [0.3, 0.4) is 0 Å². The molecule has 146 valence electrons. The van der Waals surface area contributed by atoms with Gasteiger partial charge >= 0.3 is 0 Å². The summed E-state index contributed by atoms with van der Waals surface area (Å²) >= 11 is 1.73. The molecule has 0 aliphatic carbocycles. The molecule has 0 fully saturated rings. The van der Waals surface area contributed by atoms with Crippen LogP contribution in [0.25, 0.3) is 58.6 Å². The van der Waals surface area contributed by atoms with Crippen LogP contribution < -0.4 is 0 Å². The summed E-state index contributed by atoms with van der Waals surface area (Å²) in [6.45, 7) is 0. The summed E-state index contributed by atoms with van der Waals surface area (Å²) in [5.74, 6) is 0. The van der Waals surface area contributed by atoms with Crippen molar-refractivity contribution in [3.8, 4) is 22.6 Å². The zero-order chi connectivity index (χ0) is 21.4. The van der Waals surface area contributed by atoms with Gasteiger partial charge in [0.05, 0.1) is 22.2 Å². The summed E-state index contributed by atoms with van der Waals surface area (Å²) in [6.07, 6.45) is 0. The quantitative estimate of drug-likeness (QED) is 0.275. The van der Waals surface area contributed by atoms with E-state index in [4.69, 9.17) is 0 Å². The molecule has 3 aromatic heterocycles. The second kappa shape index (κ2) is 6.08. The average molecular weight is 424 g/mol. The van der Waals surface area contributed by atoms with Crippen LogP contribution in [0, 0.1) is 22.7 Å². The number of fused-ring (bicyclic) bond motifs is 6. The summed E-state index contributed by atoms with van der Waals surface area (Å²) in [5.41, 5.74) is 4.25. The van der Waals surface area contributed by atoms with Crippen molar-refractivity contribution in [1.29, 1.82) is 10.5 Å². The van der Waals surface area contributed by atoms with Crippen LogP contribution in [0.2, 0.25) is 0 Å². The highest BCUT2D eigenvalue weighted by Crippen LogP contribution is 2.45. The summed E-state index contributed by atoms with van der Waals surface area (Å²) in [6, 6.07) is 31.5. The van der Waals surface area contributed by atoms with Crippen molar-refractivity contribution in [3.63, 3.8) is 0 Å². The molecule has 0 saturated heterocycles. The number of thiophene rings is 1. The van der Waals surface area contributed by atoms with Crippen molar-refractivity contribution < 1.29 is 0 Å². The summed E-state index contributed by atoms with van der Waals surface area (Å²) in [4.78, 5) is 2.28. The summed E-state index contributed by atoms with van der Waals surface area (Å²) in [5, 5.41) is 26.3. The van der Waals surface area contributed by atoms with Gasteiger partial charge in [-0.15, -0.1) is 11.3 Å². The maximum Gasteiger partial charge on any atom is 0.109 e. The number of aromatic nitrogens is 1. The Kier molecular flexibility index (Phi) is 3.29. The Morgan fingerprint density at radius 2 is 1.53 bits per heavy atom. The van der Waals surface area contributed by atoms with Gasteiger partial charge in [-0.25, -0.2) is 0 Å².